The van der Waals surface area contributed by atoms with Crippen LogP contribution in [0.2, 0.25) is 0 Å². The molecule has 0 radical (unpaired) electrons. The van der Waals surface area contributed by atoms with E-state index in [1.807, 2.05) is 29.1 Å². The van der Waals surface area contributed by atoms with E-state index >= 15 is 0 Å². The molecule has 0 bridgehead atoms. The third-order valence-corrected chi connectivity index (χ3v) is 3.70. The molecule has 1 N–H and O–H groups in total. The summed E-state index contributed by atoms with van der Waals surface area (Å²) in [4.78, 5) is 16.6. The smallest absolute Gasteiger partial charge is 0.257 e. The summed E-state index contributed by atoms with van der Waals surface area (Å²) >= 11 is 0. The second kappa shape index (κ2) is 7.93. The Kier molecular flexibility index (Phi) is 5.22. The van der Waals surface area contributed by atoms with Crippen LogP contribution in [-0.2, 0) is 6.54 Å². The summed E-state index contributed by atoms with van der Waals surface area (Å²) in [6, 6.07) is 9.50. The maximum atomic E-state index is 12.3. The molecule has 7 nitrogen and oxygen atoms in total. The van der Waals surface area contributed by atoms with Crippen LogP contribution >= 0.6 is 0 Å². The van der Waals surface area contributed by atoms with E-state index in [9.17, 15) is 4.79 Å². The Morgan fingerprint density at radius 2 is 2.04 bits per heavy atom. The summed E-state index contributed by atoms with van der Waals surface area (Å²) in [5, 5.41) is 15.5. The van der Waals surface area contributed by atoms with Crippen molar-refractivity contribution in [2.75, 3.05) is 5.32 Å². The predicted octanol–water partition coefficient (Wildman–Crippen LogP) is 3.01. The van der Waals surface area contributed by atoms with Crippen LogP contribution in [-0.4, -0.2) is 25.2 Å². The fourth-order valence-corrected chi connectivity index (χ4v) is 2.39. The lowest BCUT2D eigenvalue weighted by atomic mass is 10.2. The summed E-state index contributed by atoms with van der Waals surface area (Å²) in [6.07, 6.45) is 11.0. The van der Waals surface area contributed by atoms with Crippen molar-refractivity contribution in [1.82, 2.24) is 19.3 Å². The summed E-state index contributed by atoms with van der Waals surface area (Å²) in [5.74, 6) is 0.530. The minimum Gasteiger partial charge on any atom is -0.319 e. The van der Waals surface area contributed by atoms with Gasteiger partial charge in [-0.15, -0.1) is 0 Å². The standard InChI is InChI=1S/C18H18N6O/c19-8-2-1-3-11-24-14-16(13-21-24)22-18(25)15-6-7-17(20-12-15)23-9-4-5-10-23/h4-7,9-10,12-14H,1-3,11H2,(H,22,25). The first-order chi connectivity index (χ1) is 12.3. The zero-order valence-corrected chi connectivity index (χ0v) is 13.7. The number of carbonyl (C=O) groups is 1. The Morgan fingerprint density at radius 3 is 2.76 bits per heavy atom. The van der Waals surface area contributed by atoms with Gasteiger partial charge in [0.05, 0.1) is 23.5 Å². The molecule has 0 aliphatic rings. The lowest BCUT2D eigenvalue weighted by Gasteiger charge is -2.05. The zero-order chi connectivity index (χ0) is 17.5. The van der Waals surface area contributed by atoms with Gasteiger partial charge in [-0.1, -0.05) is 0 Å². The largest absolute Gasteiger partial charge is 0.319 e. The van der Waals surface area contributed by atoms with E-state index in [1.54, 1.807) is 35.4 Å². The topological polar surface area (TPSA) is 88.5 Å². The molecule has 3 aromatic heterocycles. The first-order valence-electron chi connectivity index (χ1n) is 8.06. The van der Waals surface area contributed by atoms with Gasteiger partial charge in [-0.25, -0.2) is 4.98 Å². The molecule has 0 aliphatic carbocycles. The number of rotatable bonds is 7. The number of nitriles is 1. The van der Waals surface area contributed by atoms with Crippen LogP contribution in [0.25, 0.3) is 5.82 Å². The van der Waals surface area contributed by atoms with E-state index in [2.05, 4.69) is 21.5 Å². The van der Waals surface area contributed by atoms with Crippen molar-refractivity contribution in [1.29, 1.82) is 5.26 Å². The van der Waals surface area contributed by atoms with Crippen LogP contribution in [0.5, 0.6) is 0 Å². The van der Waals surface area contributed by atoms with E-state index < -0.39 is 0 Å². The minimum atomic E-state index is -0.226. The molecule has 25 heavy (non-hydrogen) atoms. The van der Waals surface area contributed by atoms with Gasteiger partial charge in [0.1, 0.15) is 5.82 Å². The first-order valence-corrected chi connectivity index (χ1v) is 8.06. The van der Waals surface area contributed by atoms with Crippen molar-refractivity contribution in [2.24, 2.45) is 0 Å². The van der Waals surface area contributed by atoms with Crippen molar-refractivity contribution in [3.05, 3.63) is 60.8 Å². The van der Waals surface area contributed by atoms with Crippen molar-refractivity contribution in [2.45, 2.75) is 25.8 Å². The predicted molar refractivity (Wildman–Crippen MR) is 93.2 cm³/mol. The van der Waals surface area contributed by atoms with E-state index in [0.29, 0.717) is 17.7 Å². The Hall–Kier alpha value is -3.40. The fraction of sp³-hybridized carbons (Fsp3) is 0.222. The van der Waals surface area contributed by atoms with Crippen LogP contribution in [0.1, 0.15) is 29.6 Å². The molecule has 0 spiro atoms. The van der Waals surface area contributed by atoms with Crippen molar-refractivity contribution >= 4 is 11.6 Å². The van der Waals surface area contributed by atoms with Gasteiger partial charge in [0.15, 0.2) is 0 Å². The number of nitrogens with zero attached hydrogens (tertiary/aromatic N) is 5. The van der Waals surface area contributed by atoms with E-state index in [0.717, 1.165) is 25.2 Å². The molecule has 0 atom stereocenters. The number of unbranched alkanes of at least 4 members (excludes halogenated alkanes) is 2. The maximum absolute atomic E-state index is 12.3. The number of aryl methyl sites for hydroxylation is 1. The fourth-order valence-electron chi connectivity index (χ4n) is 2.39. The van der Waals surface area contributed by atoms with Gasteiger partial charge in [0.25, 0.3) is 5.91 Å². The van der Waals surface area contributed by atoms with Gasteiger partial charge >= 0.3 is 0 Å². The van der Waals surface area contributed by atoms with Crippen molar-refractivity contribution in [3.8, 4) is 11.9 Å². The molecule has 0 fully saturated rings. The zero-order valence-electron chi connectivity index (χ0n) is 13.7. The quantitative estimate of drug-likeness (QED) is 0.673. The number of amides is 1. The van der Waals surface area contributed by atoms with E-state index in [-0.39, 0.29) is 5.91 Å². The third-order valence-electron chi connectivity index (χ3n) is 3.70. The molecule has 0 saturated heterocycles. The summed E-state index contributed by atoms with van der Waals surface area (Å²) in [7, 11) is 0. The lowest BCUT2D eigenvalue weighted by molar-refractivity contribution is 0.102. The highest BCUT2D eigenvalue weighted by atomic mass is 16.1. The van der Waals surface area contributed by atoms with Gasteiger partial charge in [0.2, 0.25) is 0 Å². The van der Waals surface area contributed by atoms with Gasteiger partial charge in [0, 0.05) is 37.8 Å². The Bertz CT molecular complexity index is 858. The van der Waals surface area contributed by atoms with Crippen LogP contribution < -0.4 is 5.32 Å². The number of pyridine rings is 1. The highest BCUT2D eigenvalue weighted by molar-refractivity contribution is 6.03. The lowest BCUT2D eigenvalue weighted by Crippen LogP contribution is -2.12. The Balaban J connectivity index is 1.57. The van der Waals surface area contributed by atoms with Gasteiger partial charge < -0.3 is 9.88 Å². The molecule has 126 valence electrons. The van der Waals surface area contributed by atoms with Crippen LogP contribution in [0.3, 0.4) is 0 Å². The first kappa shape index (κ1) is 16.5. The summed E-state index contributed by atoms with van der Waals surface area (Å²) in [6.45, 7) is 0.727. The molecule has 0 unspecified atom stereocenters. The molecule has 3 heterocycles. The Labute approximate surface area is 145 Å². The molecular weight excluding hydrogens is 316 g/mol. The molecular formula is C18H18N6O. The van der Waals surface area contributed by atoms with Crippen molar-refractivity contribution < 1.29 is 4.79 Å². The molecule has 3 rings (SSSR count). The van der Waals surface area contributed by atoms with Crippen LogP contribution in [0.15, 0.2) is 55.2 Å². The van der Waals surface area contributed by atoms with E-state index in [4.69, 9.17) is 5.26 Å². The second-order valence-corrected chi connectivity index (χ2v) is 5.56. The number of carbonyl (C=O) groups excluding carboxylic acids is 1. The maximum Gasteiger partial charge on any atom is 0.257 e. The SMILES string of the molecule is N#CCCCCn1cc(NC(=O)c2ccc(-n3cccc3)nc2)cn1. The normalized spacial score (nSPS) is 10.4. The summed E-state index contributed by atoms with van der Waals surface area (Å²) in [5.41, 5.74) is 1.12. The molecule has 3 aromatic rings. The monoisotopic (exact) mass is 334 g/mol. The highest BCUT2D eigenvalue weighted by Crippen LogP contribution is 2.11. The average Bonchev–Trinajstić information content (AvgIpc) is 3.31. The summed E-state index contributed by atoms with van der Waals surface area (Å²) < 4.78 is 3.64. The highest BCUT2D eigenvalue weighted by Gasteiger charge is 2.08. The number of anilines is 1. The van der Waals surface area contributed by atoms with Crippen LogP contribution in [0.4, 0.5) is 5.69 Å². The Morgan fingerprint density at radius 1 is 1.20 bits per heavy atom. The van der Waals surface area contributed by atoms with Gasteiger partial charge in [-0.3, -0.25) is 9.48 Å². The average molecular weight is 334 g/mol. The van der Waals surface area contributed by atoms with Gasteiger partial charge in [-0.05, 0) is 37.1 Å². The second-order valence-electron chi connectivity index (χ2n) is 5.56. The third kappa shape index (κ3) is 4.32. The minimum absolute atomic E-state index is 0.226. The van der Waals surface area contributed by atoms with Gasteiger partial charge in [-0.2, -0.15) is 10.4 Å². The molecule has 0 aliphatic heterocycles. The number of hydrogen-bond donors (Lipinski definition) is 1. The van der Waals surface area contributed by atoms with Crippen LogP contribution in [0, 0.1) is 11.3 Å². The molecule has 1 amide bonds. The van der Waals surface area contributed by atoms with Crippen molar-refractivity contribution in [3.63, 3.8) is 0 Å². The molecule has 0 aromatic carbocycles. The molecule has 0 saturated carbocycles. The molecule has 7 heteroatoms. The van der Waals surface area contributed by atoms with E-state index in [1.165, 1.54) is 0 Å². The number of aromatic nitrogens is 4. The number of nitrogens with one attached hydrogen (secondary N) is 1. The number of hydrogen-bond acceptors (Lipinski definition) is 4.